The second-order valence-corrected chi connectivity index (χ2v) is 11.3. The van der Waals surface area contributed by atoms with E-state index in [1.807, 2.05) is 6.07 Å². The average molecular weight is 564 g/mol. The van der Waals surface area contributed by atoms with Gasteiger partial charge >= 0.3 is 18.2 Å². The van der Waals surface area contributed by atoms with E-state index in [1.165, 1.54) is 12.3 Å². The van der Waals surface area contributed by atoms with Crippen molar-refractivity contribution in [1.82, 2.24) is 15.0 Å². The molecule has 0 atom stereocenters. The lowest BCUT2D eigenvalue weighted by atomic mass is 10.1. The second-order valence-electron chi connectivity index (χ2n) is 11.3. The van der Waals surface area contributed by atoms with E-state index in [0.29, 0.717) is 47.3 Å². The van der Waals surface area contributed by atoms with Gasteiger partial charge in [0.2, 0.25) is 5.95 Å². The molecule has 2 N–H and O–H groups in total. The van der Waals surface area contributed by atoms with Gasteiger partial charge in [0, 0.05) is 30.9 Å². The minimum atomic E-state index is -0.996. The van der Waals surface area contributed by atoms with Crippen molar-refractivity contribution < 1.29 is 33.7 Å². The van der Waals surface area contributed by atoms with E-state index in [4.69, 9.17) is 14.2 Å². The molecule has 0 bridgehead atoms. The predicted octanol–water partition coefficient (Wildman–Crippen LogP) is 5.46. The van der Waals surface area contributed by atoms with Crippen LogP contribution in [-0.4, -0.2) is 56.0 Å². The molecule has 1 aliphatic rings. The quantitative estimate of drug-likeness (QED) is 0.393. The Balaban J connectivity index is 1.65. The highest BCUT2D eigenvalue weighted by Crippen LogP contribution is 2.39. The summed E-state index contributed by atoms with van der Waals surface area (Å²) in [6.07, 6.45) is 1.64. The summed E-state index contributed by atoms with van der Waals surface area (Å²) in [4.78, 5) is 51.3. The van der Waals surface area contributed by atoms with Crippen molar-refractivity contribution >= 4 is 29.9 Å². The fourth-order valence-electron chi connectivity index (χ4n) is 3.98. The summed E-state index contributed by atoms with van der Waals surface area (Å²) in [5.41, 5.74) is 0.969. The molecular weight excluding hydrogens is 530 g/mol. The van der Waals surface area contributed by atoms with Crippen molar-refractivity contribution in [2.75, 3.05) is 16.8 Å². The van der Waals surface area contributed by atoms with Crippen LogP contribution < -0.4 is 15.0 Å². The van der Waals surface area contributed by atoms with Crippen LogP contribution in [0.3, 0.4) is 0 Å². The molecule has 41 heavy (non-hydrogen) atoms. The minimum absolute atomic E-state index is 0.201. The number of carboxylic acid groups (broad SMARTS) is 1. The number of carbonyl (C=O) groups is 3. The van der Waals surface area contributed by atoms with Gasteiger partial charge in [0.25, 0.3) is 0 Å². The van der Waals surface area contributed by atoms with Crippen molar-refractivity contribution in [1.29, 1.82) is 0 Å². The van der Waals surface area contributed by atoms with Crippen LogP contribution in [0.15, 0.2) is 42.7 Å². The molecule has 0 spiro atoms. The Morgan fingerprint density at radius 3 is 2.34 bits per heavy atom. The number of aromatic carboxylic acids is 1. The minimum Gasteiger partial charge on any atom is -0.492 e. The van der Waals surface area contributed by atoms with Crippen molar-refractivity contribution in [2.45, 2.75) is 65.7 Å². The van der Waals surface area contributed by atoms with Gasteiger partial charge in [-0.3, -0.25) is 0 Å². The summed E-state index contributed by atoms with van der Waals surface area (Å²) >= 11 is 0. The summed E-state index contributed by atoms with van der Waals surface area (Å²) < 4.78 is 16.8. The van der Waals surface area contributed by atoms with E-state index in [-0.39, 0.29) is 11.5 Å². The number of amides is 2. The third-order valence-corrected chi connectivity index (χ3v) is 5.63. The van der Waals surface area contributed by atoms with Crippen LogP contribution in [0.4, 0.5) is 21.4 Å². The van der Waals surface area contributed by atoms with Gasteiger partial charge in [0.1, 0.15) is 22.8 Å². The number of ether oxygens (including phenoxy) is 3. The zero-order valence-electron chi connectivity index (χ0n) is 23.8. The number of rotatable bonds is 6. The summed E-state index contributed by atoms with van der Waals surface area (Å²) in [6, 6.07) is 8.27. The summed E-state index contributed by atoms with van der Waals surface area (Å²) in [5, 5.41) is 12.5. The molecule has 12 nitrogen and oxygen atoms in total. The smallest absolute Gasteiger partial charge is 0.427 e. The van der Waals surface area contributed by atoms with E-state index < -0.39 is 29.4 Å². The number of nitrogens with one attached hydrogen (secondary N) is 1. The molecule has 1 aromatic carbocycles. The van der Waals surface area contributed by atoms with E-state index in [0.717, 1.165) is 11.1 Å². The fraction of sp³-hybridized carbons (Fsp3) is 0.379. The first-order chi connectivity index (χ1) is 19.2. The third kappa shape index (κ3) is 7.27. The Kier molecular flexibility index (Phi) is 8.13. The van der Waals surface area contributed by atoms with Crippen molar-refractivity contribution in [3.63, 3.8) is 0 Å². The summed E-state index contributed by atoms with van der Waals surface area (Å²) in [6.45, 7) is 10.9. The Bertz CT molecular complexity index is 1450. The first kappa shape index (κ1) is 29.2. The highest BCUT2D eigenvalue weighted by molar-refractivity contribution is 6.08. The Morgan fingerprint density at radius 1 is 1.02 bits per heavy atom. The maximum Gasteiger partial charge on any atom is 0.427 e. The second kappa shape index (κ2) is 11.4. The van der Waals surface area contributed by atoms with Gasteiger partial charge in [-0.05, 0) is 65.3 Å². The average Bonchev–Trinajstić information content (AvgIpc) is 3.36. The third-order valence-electron chi connectivity index (χ3n) is 5.63. The molecule has 4 rings (SSSR count). The van der Waals surface area contributed by atoms with Crippen LogP contribution in [0, 0.1) is 0 Å². The molecule has 216 valence electrons. The molecule has 0 radical (unpaired) electrons. The highest BCUT2D eigenvalue weighted by atomic mass is 16.6. The number of aromatic nitrogens is 3. The topological polar surface area (TPSA) is 153 Å². The number of imide groups is 1. The lowest BCUT2D eigenvalue weighted by Crippen LogP contribution is -2.44. The van der Waals surface area contributed by atoms with Crippen molar-refractivity contribution in [3.05, 3.63) is 59.4 Å². The summed E-state index contributed by atoms with van der Waals surface area (Å²) in [5.74, 6) is -0.0593. The Labute approximate surface area is 237 Å². The van der Waals surface area contributed by atoms with E-state index in [9.17, 15) is 19.5 Å². The Morgan fingerprint density at radius 2 is 1.71 bits per heavy atom. The molecule has 2 amide bonds. The largest absolute Gasteiger partial charge is 0.492 e. The lowest BCUT2D eigenvalue weighted by Gasteiger charge is -2.27. The standard InChI is InChI=1S/C29H33N5O7/c1-28(2,3)40-26(37)34(27(38)41-29(4,5)6)25-30-12-10-21(33-25)20-16-32-23(19-11-13-39-22(19)20)31-15-17-8-7-9-18(14-17)24(35)36/h7-10,12,14,16H,11,13,15H2,1-6H3,(H,31,32)(H,35,36). The molecule has 2 aromatic heterocycles. The number of carboxylic acids is 1. The molecule has 12 heteroatoms. The number of anilines is 2. The number of pyridine rings is 1. The van der Waals surface area contributed by atoms with E-state index in [1.54, 1.807) is 65.9 Å². The number of benzene rings is 1. The van der Waals surface area contributed by atoms with Gasteiger partial charge in [0.15, 0.2) is 0 Å². The van der Waals surface area contributed by atoms with Crippen LogP contribution in [0.5, 0.6) is 5.75 Å². The fourth-order valence-corrected chi connectivity index (χ4v) is 3.98. The van der Waals surface area contributed by atoms with Gasteiger partial charge in [-0.15, -0.1) is 4.90 Å². The maximum absolute atomic E-state index is 13.1. The van der Waals surface area contributed by atoms with Gasteiger partial charge in [-0.1, -0.05) is 12.1 Å². The van der Waals surface area contributed by atoms with Crippen molar-refractivity contribution in [2.24, 2.45) is 0 Å². The van der Waals surface area contributed by atoms with Crippen LogP contribution in [0.2, 0.25) is 0 Å². The van der Waals surface area contributed by atoms with Crippen LogP contribution in [0.25, 0.3) is 11.3 Å². The number of fused-ring (bicyclic) bond motifs is 1. The number of carbonyl (C=O) groups excluding carboxylic acids is 2. The van der Waals surface area contributed by atoms with E-state index in [2.05, 4.69) is 20.3 Å². The molecule has 0 fully saturated rings. The van der Waals surface area contributed by atoms with Gasteiger partial charge in [-0.2, -0.15) is 0 Å². The number of hydrogen-bond acceptors (Lipinski definition) is 10. The maximum atomic E-state index is 13.1. The SMILES string of the molecule is CC(C)(C)OC(=O)N(C(=O)OC(C)(C)C)c1nccc(-c2cnc(NCc3cccc(C(=O)O)c3)c3c2OCC3)n1. The first-order valence-electron chi connectivity index (χ1n) is 13.0. The van der Waals surface area contributed by atoms with Crippen LogP contribution >= 0.6 is 0 Å². The highest BCUT2D eigenvalue weighted by Gasteiger charge is 2.35. The number of nitrogens with zero attached hydrogens (tertiary/aromatic N) is 4. The van der Waals surface area contributed by atoms with Gasteiger partial charge in [-0.25, -0.2) is 29.3 Å². The van der Waals surface area contributed by atoms with Gasteiger partial charge in [0.05, 0.1) is 23.4 Å². The monoisotopic (exact) mass is 563 g/mol. The molecule has 0 saturated carbocycles. The lowest BCUT2D eigenvalue weighted by molar-refractivity contribution is 0.0426. The zero-order valence-corrected chi connectivity index (χ0v) is 23.8. The zero-order chi connectivity index (χ0) is 29.9. The van der Waals surface area contributed by atoms with Crippen LogP contribution in [0.1, 0.15) is 63.0 Å². The Hall–Kier alpha value is -4.74. The molecule has 0 unspecified atom stereocenters. The van der Waals surface area contributed by atoms with Crippen molar-refractivity contribution in [3.8, 4) is 17.0 Å². The molecule has 0 saturated heterocycles. The molecule has 0 aliphatic carbocycles. The van der Waals surface area contributed by atoms with Crippen LogP contribution in [-0.2, 0) is 22.4 Å². The molecular formula is C29H33N5O7. The predicted molar refractivity (Wildman–Crippen MR) is 150 cm³/mol. The van der Waals surface area contributed by atoms with E-state index >= 15 is 0 Å². The molecule has 1 aliphatic heterocycles. The molecule has 3 aromatic rings. The van der Waals surface area contributed by atoms with Gasteiger partial charge < -0.3 is 24.6 Å². The first-order valence-corrected chi connectivity index (χ1v) is 13.0. The normalized spacial score (nSPS) is 12.6. The number of hydrogen-bond donors (Lipinski definition) is 2. The summed E-state index contributed by atoms with van der Waals surface area (Å²) in [7, 11) is 0. The molecule has 3 heterocycles.